The highest BCUT2D eigenvalue weighted by Crippen LogP contribution is 2.38. The molecule has 1 heterocycles. The van der Waals surface area contributed by atoms with E-state index in [-0.39, 0.29) is 23.0 Å². The normalized spacial score (nSPS) is 19.8. The molecule has 1 fully saturated rings. The van der Waals surface area contributed by atoms with Crippen LogP contribution in [0.2, 0.25) is 5.04 Å². The number of esters is 1. The molecule has 0 amide bonds. The molecule has 2 atom stereocenters. The molecule has 2 aromatic carbocycles. The van der Waals surface area contributed by atoms with E-state index in [1.54, 1.807) is 0 Å². The van der Waals surface area contributed by atoms with Crippen molar-refractivity contribution >= 4 is 40.6 Å². The van der Waals surface area contributed by atoms with E-state index < -0.39 is 8.32 Å². The van der Waals surface area contributed by atoms with Crippen LogP contribution in [-0.4, -0.2) is 32.3 Å². The Labute approximate surface area is 183 Å². The summed E-state index contributed by atoms with van der Waals surface area (Å²) in [6.45, 7) is 11.2. The molecule has 1 aliphatic heterocycles. The van der Waals surface area contributed by atoms with Gasteiger partial charge in [0.15, 0.2) is 0 Å². The number of rotatable bonds is 7. The minimum Gasteiger partial charge on any atom is -0.459 e. The molecular weight excluding hydrogens is 444 g/mol. The van der Waals surface area contributed by atoms with Gasteiger partial charge in [0.25, 0.3) is 8.32 Å². The van der Waals surface area contributed by atoms with Crippen molar-refractivity contribution in [1.82, 2.24) is 0 Å². The van der Waals surface area contributed by atoms with Crippen LogP contribution < -0.4 is 10.4 Å². The number of alkyl halides is 1. The number of benzene rings is 2. The number of hydrogen-bond acceptors (Lipinski definition) is 3. The highest BCUT2D eigenvalue weighted by molar-refractivity contribution is 9.09. The van der Waals surface area contributed by atoms with Crippen molar-refractivity contribution in [1.29, 1.82) is 0 Å². The van der Waals surface area contributed by atoms with Crippen LogP contribution in [0.25, 0.3) is 0 Å². The predicted molar refractivity (Wildman–Crippen MR) is 124 cm³/mol. The van der Waals surface area contributed by atoms with E-state index in [0.29, 0.717) is 18.4 Å². The summed E-state index contributed by atoms with van der Waals surface area (Å²) < 4.78 is 12.6. The zero-order chi connectivity index (χ0) is 21.1. The van der Waals surface area contributed by atoms with E-state index in [1.807, 2.05) is 12.1 Å². The summed E-state index contributed by atoms with van der Waals surface area (Å²) in [6.07, 6.45) is 0.0772. The average Bonchev–Trinajstić information content (AvgIpc) is 3.09. The van der Waals surface area contributed by atoms with Crippen molar-refractivity contribution in [3.05, 3.63) is 72.8 Å². The Kier molecular flexibility index (Phi) is 6.82. The van der Waals surface area contributed by atoms with Gasteiger partial charge < -0.3 is 9.16 Å². The molecule has 3 rings (SSSR count). The zero-order valence-electron chi connectivity index (χ0n) is 17.4. The molecule has 2 aromatic rings. The predicted octanol–water partition coefficient (Wildman–Crippen LogP) is 4.45. The molecule has 3 nitrogen and oxygen atoms in total. The van der Waals surface area contributed by atoms with Gasteiger partial charge in [-0.3, -0.25) is 4.79 Å². The Balaban J connectivity index is 2.02. The van der Waals surface area contributed by atoms with Crippen molar-refractivity contribution in [2.24, 2.45) is 5.92 Å². The molecule has 29 heavy (non-hydrogen) atoms. The summed E-state index contributed by atoms with van der Waals surface area (Å²) in [6, 6.07) is 21.0. The zero-order valence-corrected chi connectivity index (χ0v) is 19.9. The van der Waals surface area contributed by atoms with Gasteiger partial charge in [-0.2, -0.15) is 0 Å². The Morgan fingerprint density at radius 2 is 1.62 bits per heavy atom. The first-order chi connectivity index (χ1) is 13.8. The molecule has 0 N–H and O–H groups in total. The fourth-order valence-electron chi connectivity index (χ4n) is 4.24. The van der Waals surface area contributed by atoms with Crippen molar-refractivity contribution in [3.63, 3.8) is 0 Å². The SMILES string of the molecule is C=C(CBr)[C@H]1CC(=O)O[C@@H]1CO[Si](c1ccccc1)(c1ccccc1)C(C)(C)C. The highest BCUT2D eigenvalue weighted by atomic mass is 79.9. The maximum Gasteiger partial charge on any atom is 0.306 e. The minimum atomic E-state index is -2.65. The smallest absolute Gasteiger partial charge is 0.306 e. The standard InChI is InChI=1S/C24H29BrO3Si/c1-18(16-25)21-15-23(26)28-22(21)17-27-29(24(2,3)4,19-11-7-5-8-12-19)20-13-9-6-10-14-20/h5-14,21-22H,1,15-17H2,2-4H3/t21-,22-/m1/s1. The van der Waals surface area contributed by atoms with Crippen LogP contribution in [0.3, 0.4) is 0 Å². The van der Waals surface area contributed by atoms with Crippen LogP contribution in [0, 0.1) is 5.92 Å². The maximum atomic E-state index is 12.0. The molecule has 0 saturated carbocycles. The molecule has 5 heteroatoms. The summed E-state index contributed by atoms with van der Waals surface area (Å²) in [4.78, 5) is 12.0. The van der Waals surface area contributed by atoms with Crippen LogP contribution in [0.15, 0.2) is 72.8 Å². The van der Waals surface area contributed by atoms with Crippen molar-refractivity contribution < 1.29 is 14.0 Å². The first-order valence-electron chi connectivity index (χ1n) is 9.97. The molecule has 0 radical (unpaired) electrons. The minimum absolute atomic E-state index is 0.0138. The number of carbonyl (C=O) groups is 1. The monoisotopic (exact) mass is 472 g/mol. The van der Waals surface area contributed by atoms with E-state index in [2.05, 4.69) is 91.8 Å². The fourth-order valence-corrected chi connectivity index (χ4v) is 9.22. The summed E-state index contributed by atoms with van der Waals surface area (Å²) in [7, 11) is -2.65. The Morgan fingerprint density at radius 3 is 2.07 bits per heavy atom. The summed E-state index contributed by atoms with van der Waals surface area (Å²) in [5.74, 6) is -0.187. The molecule has 1 saturated heterocycles. The molecule has 0 aromatic heterocycles. The number of hydrogen-bond donors (Lipinski definition) is 0. The van der Waals surface area contributed by atoms with E-state index in [4.69, 9.17) is 9.16 Å². The Morgan fingerprint density at radius 1 is 1.10 bits per heavy atom. The molecule has 0 bridgehead atoms. The largest absolute Gasteiger partial charge is 0.459 e. The van der Waals surface area contributed by atoms with Gasteiger partial charge in [0.1, 0.15) is 6.10 Å². The quantitative estimate of drug-likeness (QED) is 0.258. The number of carbonyl (C=O) groups excluding carboxylic acids is 1. The lowest BCUT2D eigenvalue weighted by molar-refractivity contribution is -0.142. The van der Waals surface area contributed by atoms with Gasteiger partial charge in [-0.05, 0) is 15.4 Å². The first kappa shape index (κ1) is 22.0. The van der Waals surface area contributed by atoms with Crippen LogP contribution >= 0.6 is 15.9 Å². The van der Waals surface area contributed by atoms with Crippen LogP contribution in [-0.2, 0) is 14.0 Å². The highest BCUT2D eigenvalue weighted by Gasteiger charge is 2.51. The number of cyclic esters (lactones) is 1. The lowest BCUT2D eigenvalue weighted by atomic mass is 9.95. The van der Waals surface area contributed by atoms with Crippen molar-refractivity contribution in [2.45, 2.75) is 38.3 Å². The average molecular weight is 473 g/mol. The molecule has 1 aliphatic rings. The fraction of sp³-hybridized carbons (Fsp3) is 0.375. The number of halogens is 1. The van der Waals surface area contributed by atoms with E-state index in [1.165, 1.54) is 10.4 Å². The van der Waals surface area contributed by atoms with Gasteiger partial charge in [0.05, 0.1) is 13.0 Å². The molecule has 0 unspecified atom stereocenters. The first-order valence-corrected chi connectivity index (χ1v) is 13.0. The van der Waals surface area contributed by atoms with E-state index in [9.17, 15) is 4.79 Å². The molecular formula is C24H29BrO3Si. The van der Waals surface area contributed by atoms with Gasteiger partial charge in [0.2, 0.25) is 0 Å². The molecule has 0 spiro atoms. The Bertz CT molecular complexity index is 806. The molecule has 154 valence electrons. The van der Waals surface area contributed by atoms with Gasteiger partial charge in [-0.1, -0.05) is 110 Å². The summed E-state index contributed by atoms with van der Waals surface area (Å²) in [5.41, 5.74) is 0.979. The lowest BCUT2D eigenvalue weighted by Crippen LogP contribution is -2.67. The van der Waals surface area contributed by atoms with Gasteiger partial charge in [0, 0.05) is 11.2 Å². The van der Waals surface area contributed by atoms with Gasteiger partial charge in [-0.25, -0.2) is 0 Å². The second kappa shape index (κ2) is 8.98. The van der Waals surface area contributed by atoms with Crippen LogP contribution in [0.5, 0.6) is 0 Å². The third-order valence-corrected chi connectivity index (χ3v) is 11.4. The summed E-state index contributed by atoms with van der Waals surface area (Å²) in [5, 5.41) is 2.99. The maximum absolute atomic E-state index is 12.0. The van der Waals surface area contributed by atoms with Crippen molar-refractivity contribution in [2.75, 3.05) is 11.9 Å². The van der Waals surface area contributed by atoms with Crippen LogP contribution in [0.1, 0.15) is 27.2 Å². The topological polar surface area (TPSA) is 35.5 Å². The van der Waals surface area contributed by atoms with Crippen molar-refractivity contribution in [3.8, 4) is 0 Å². The van der Waals surface area contributed by atoms with E-state index >= 15 is 0 Å². The second-order valence-corrected chi connectivity index (χ2v) is 13.5. The van der Waals surface area contributed by atoms with E-state index in [0.717, 1.165) is 5.57 Å². The Hall–Kier alpha value is -1.69. The summed E-state index contributed by atoms with van der Waals surface area (Å²) >= 11 is 3.47. The second-order valence-electron chi connectivity index (χ2n) is 8.61. The third-order valence-electron chi connectivity index (χ3n) is 5.70. The third kappa shape index (κ3) is 4.42. The van der Waals surface area contributed by atoms with Crippen LogP contribution in [0.4, 0.5) is 0 Å². The van der Waals surface area contributed by atoms with Gasteiger partial charge >= 0.3 is 5.97 Å². The lowest BCUT2D eigenvalue weighted by Gasteiger charge is -2.43. The van der Waals surface area contributed by atoms with Gasteiger partial charge in [-0.15, -0.1) is 0 Å². The molecule has 0 aliphatic carbocycles. The number of ether oxygens (including phenoxy) is 1.